The van der Waals surface area contributed by atoms with Crippen molar-refractivity contribution in [3.63, 3.8) is 0 Å². The Hall–Kier alpha value is -2.04. The van der Waals surface area contributed by atoms with Crippen LogP contribution in [0.5, 0.6) is 5.75 Å². The Kier molecular flexibility index (Phi) is 10.0. The Labute approximate surface area is 230 Å². The molecular weight excluding hydrogens is 511 g/mol. The van der Waals surface area contributed by atoms with Gasteiger partial charge in [-0.3, -0.25) is 0 Å². The van der Waals surface area contributed by atoms with Crippen LogP contribution in [0.25, 0.3) is 0 Å². The molecule has 4 rings (SSSR count). The number of alkyl halides is 3. The van der Waals surface area contributed by atoms with Gasteiger partial charge < -0.3 is 29.7 Å². The van der Waals surface area contributed by atoms with Crippen LogP contribution in [-0.2, 0) is 15.1 Å². The van der Waals surface area contributed by atoms with Gasteiger partial charge in [0.2, 0.25) is 0 Å². The second-order valence-corrected chi connectivity index (χ2v) is 11.4. The molecule has 0 aromatic heterocycles. The molecule has 2 heterocycles. The second-order valence-electron chi connectivity index (χ2n) is 11.4. The number of amides is 2. The maximum absolute atomic E-state index is 13.5. The van der Waals surface area contributed by atoms with Crippen molar-refractivity contribution in [1.29, 1.82) is 0 Å². The molecule has 220 valence electrons. The number of carbonyl (C=O) groups excluding carboxylic acids is 1. The van der Waals surface area contributed by atoms with Crippen molar-refractivity contribution in [2.45, 2.75) is 94.2 Å². The number of likely N-dealkylation sites (tertiary alicyclic amines) is 1. The number of benzene rings is 1. The van der Waals surface area contributed by atoms with Crippen molar-refractivity contribution in [3.05, 3.63) is 29.8 Å². The van der Waals surface area contributed by atoms with Crippen LogP contribution < -0.4 is 15.4 Å². The third-order valence-corrected chi connectivity index (χ3v) is 8.59. The molecule has 2 N–H and O–H groups in total. The first-order valence-corrected chi connectivity index (χ1v) is 14.5. The highest BCUT2D eigenvalue weighted by Crippen LogP contribution is 2.62. The largest absolute Gasteiger partial charge is 0.573 e. The van der Waals surface area contributed by atoms with E-state index in [0.717, 1.165) is 32.1 Å². The van der Waals surface area contributed by atoms with Crippen LogP contribution in [0.3, 0.4) is 0 Å². The number of likely N-dealkylation sites (N-methyl/N-ethyl adjacent to an activating group) is 1. The standard InChI is InChI=1S/C29H44F3N3O4/c1-33-20-24(18-22-10-4-3-5-11-22)34-26(36)35-16-9-14-27(21-35)28(39-27,15-6-7-17-37-2)23-12-8-13-25(19-23)38-29(30,31)32/h8,12-13,19,22,24,33H,3-7,9-11,14-18,20-21H2,1-2H3,(H,34,36)/t24-,27+,28+/m0/s1. The number of epoxide rings is 1. The number of rotatable bonds is 12. The first kappa shape index (κ1) is 29.9. The highest BCUT2D eigenvalue weighted by atomic mass is 19.4. The van der Waals surface area contributed by atoms with Gasteiger partial charge in [-0.2, -0.15) is 0 Å². The highest BCUT2D eigenvalue weighted by molar-refractivity contribution is 5.75. The minimum Gasteiger partial charge on any atom is -0.406 e. The number of nitrogens with one attached hydrogen (secondary N) is 2. The number of piperidine rings is 1. The van der Waals surface area contributed by atoms with Gasteiger partial charge in [0.05, 0.1) is 6.54 Å². The molecule has 0 bridgehead atoms. The predicted molar refractivity (Wildman–Crippen MR) is 143 cm³/mol. The summed E-state index contributed by atoms with van der Waals surface area (Å²) in [6.07, 6.45) is 6.21. The average Bonchev–Trinajstić information content (AvgIpc) is 3.52. The van der Waals surface area contributed by atoms with Gasteiger partial charge in [-0.25, -0.2) is 4.79 Å². The van der Waals surface area contributed by atoms with Gasteiger partial charge in [0, 0.05) is 32.8 Å². The highest BCUT2D eigenvalue weighted by Gasteiger charge is 2.71. The predicted octanol–water partition coefficient (Wildman–Crippen LogP) is 5.73. The van der Waals surface area contributed by atoms with Gasteiger partial charge in [-0.05, 0) is 69.2 Å². The third-order valence-electron chi connectivity index (χ3n) is 8.59. The fourth-order valence-corrected chi connectivity index (χ4v) is 6.76. The lowest BCUT2D eigenvalue weighted by Gasteiger charge is -2.35. The van der Waals surface area contributed by atoms with E-state index in [1.54, 1.807) is 19.2 Å². The summed E-state index contributed by atoms with van der Waals surface area (Å²) in [5, 5.41) is 6.49. The number of ether oxygens (including phenoxy) is 3. The summed E-state index contributed by atoms with van der Waals surface area (Å²) in [6.45, 7) is 2.35. The minimum absolute atomic E-state index is 0.0543. The van der Waals surface area contributed by atoms with Crippen LogP contribution in [0.15, 0.2) is 24.3 Å². The fraction of sp³-hybridized carbons (Fsp3) is 0.759. The van der Waals surface area contributed by atoms with E-state index in [9.17, 15) is 18.0 Å². The molecule has 0 radical (unpaired) electrons. The molecule has 1 aromatic rings. The number of carbonyl (C=O) groups is 1. The van der Waals surface area contributed by atoms with Crippen LogP contribution in [0.2, 0.25) is 0 Å². The van der Waals surface area contributed by atoms with Crippen molar-refractivity contribution in [3.8, 4) is 5.75 Å². The molecule has 1 aliphatic carbocycles. The molecule has 7 nitrogen and oxygen atoms in total. The molecule has 1 spiro atoms. The maximum Gasteiger partial charge on any atom is 0.573 e. The summed E-state index contributed by atoms with van der Waals surface area (Å²) in [6, 6.07) is 6.08. The first-order chi connectivity index (χ1) is 18.7. The van der Waals surface area contributed by atoms with Crippen molar-refractivity contribution in [2.24, 2.45) is 5.92 Å². The number of hydrogen-bond donors (Lipinski definition) is 2. The SMILES string of the molecule is CNC[C@H](CC1CCCCC1)NC(=O)N1CCC[C@]2(C1)O[C@]2(CCCCOC)c1cccc(OC(F)(F)F)c1. The van der Waals surface area contributed by atoms with Crippen LogP contribution in [-0.4, -0.2) is 69.3 Å². The molecule has 2 saturated heterocycles. The van der Waals surface area contributed by atoms with Gasteiger partial charge in [0.1, 0.15) is 17.0 Å². The summed E-state index contributed by atoms with van der Waals surface area (Å²) in [7, 11) is 3.55. The van der Waals surface area contributed by atoms with E-state index >= 15 is 0 Å². The minimum atomic E-state index is -4.77. The number of nitrogens with zero attached hydrogens (tertiary/aromatic N) is 1. The molecule has 3 atom stereocenters. The number of halogens is 3. The van der Waals surface area contributed by atoms with Crippen molar-refractivity contribution in [1.82, 2.24) is 15.5 Å². The van der Waals surface area contributed by atoms with Crippen molar-refractivity contribution >= 4 is 6.03 Å². The lowest BCUT2D eigenvalue weighted by atomic mass is 9.78. The zero-order valence-corrected chi connectivity index (χ0v) is 23.3. The normalized spacial score (nSPS) is 26.4. The number of urea groups is 1. The van der Waals surface area contributed by atoms with Crippen LogP contribution >= 0.6 is 0 Å². The summed E-state index contributed by atoms with van der Waals surface area (Å²) in [5.41, 5.74) is -0.736. The molecule has 1 saturated carbocycles. The van der Waals surface area contributed by atoms with E-state index in [-0.39, 0.29) is 17.8 Å². The molecule has 3 fully saturated rings. The van der Waals surface area contributed by atoms with E-state index < -0.39 is 17.6 Å². The van der Waals surface area contributed by atoms with E-state index in [0.29, 0.717) is 44.1 Å². The Morgan fingerprint density at radius 2 is 2.00 bits per heavy atom. The zero-order chi connectivity index (χ0) is 27.9. The Morgan fingerprint density at radius 3 is 2.72 bits per heavy atom. The first-order valence-electron chi connectivity index (χ1n) is 14.5. The maximum atomic E-state index is 13.5. The Morgan fingerprint density at radius 1 is 1.21 bits per heavy atom. The molecule has 3 aliphatic rings. The number of methoxy groups -OCH3 is 1. The van der Waals surface area contributed by atoms with Gasteiger partial charge in [-0.1, -0.05) is 44.2 Å². The van der Waals surface area contributed by atoms with Gasteiger partial charge in [0.15, 0.2) is 0 Å². The lowest BCUT2D eigenvalue weighted by molar-refractivity contribution is -0.274. The zero-order valence-electron chi connectivity index (χ0n) is 23.3. The van der Waals surface area contributed by atoms with Crippen LogP contribution in [0.4, 0.5) is 18.0 Å². The smallest absolute Gasteiger partial charge is 0.406 e. The van der Waals surface area contributed by atoms with Gasteiger partial charge in [-0.15, -0.1) is 13.2 Å². The van der Waals surface area contributed by atoms with Crippen LogP contribution in [0.1, 0.15) is 76.2 Å². The summed E-state index contributed by atoms with van der Waals surface area (Å²) < 4.78 is 54.8. The quantitative estimate of drug-likeness (QED) is 0.255. The van der Waals surface area contributed by atoms with Gasteiger partial charge >= 0.3 is 12.4 Å². The van der Waals surface area contributed by atoms with E-state index in [1.807, 2.05) is 11.9 Å². The van der Waals surface area contributed by atoms with E-state index in [1.165, 1.54) is 44.2 Å². The fourth-order valence-electron chi connectivity index (χ4n) is 6.76. The Bertz CT molecular complexity index is 943. The molecule has 0 unspecified atom stereocenters. The lowest BCUT2D eigenvalue weighted by Crippen LogP contribution is -2.54. The van der Waals surface area contributed by atoms with Crippen molar-refractivity contribution in [2.75, 3.05) is 40.4 Å². The van der Waals surface area contributed by atoms with Gasteiger partial charge in [0.25, 0.3) is 0 Å². The molecule has 2 amide bonds. The number of unbranched alkanes of at least 4 members (excludes halogenated alkanes) is 1. The van der Waals surface area contributed by atoms with E-state index in [4.69, 9.17) is 9.47 Å². The van der Waals surface area contributed by atoms with E-state index in [2.05, 4.69) is 15.4 Å². The second kappa shape index (κ2) is 13.1. The number of hydrogen-bond acceptors (Lipinski definition) is 5. The third kappa shape index (κ3) is 7.58. The van der Waals surface area contributed by atoms with Crippen LogP contribution in [0, 0.1) is 5.92 Å². The molecule has 39 heavy (non-hydrogen) atoms. The topological polar surface area (TPSA) is 75.4 Å². The molecule has 2 aliphatic heterocycles. The summed E-state index contributed by atoms with van der Waals surface area (Å²) in [5.74, 6) is 0.382. The average molecular weight is 556 g/mol. The summed E-state index contributed by atoms with van der Waals surface area (Å²) >= 11 is 0. The Balaban J connectivity index is 1.48. The van der Waals surface area contributed by atoms with Crippen molar-refractivity contribution < 1.29 is 32.2 Å². The molecular formula is C29H44F3N3O4. The molecule has 10 heteroatoms. The molecule has 1 aromatic carbocycles. The monoisotopic (exact) mass is 555 g/mol. The summed E-state index contributed by atoms with van der Waals surface area (Å²) in [4.78, 5) is 15.3.